The predicted molar refractivity (Wildman–Crippen MR) is 87.8 cm³/mol. The van der Waals surface area contributed by atoms with E-state index in [1.165, 1.54) is 11.3 Å². The smallest absolute Gasteiger partial charge is 0.133 e. The lowest BCUT2D eigenvalue weighted by Gasteiger charge is -2.29. The molecule has 3 rings (SSSR count). The molecule has 0 spiro atoms. The Hall–Kier alpha value is -1.52. The Labute approximate surface area is 136 Å². The van der Waals surface area contributed by atoms with Gasteiger partial charge >= 0.3 is 0 Å². The Morgan fingerprint density at radius 1 is 1.27 bits per heavy atom. The summed E-state index contributed by atoms with van der Waals surface area (Å²) in [7, 11) is 0. The summed E-state index contributed by atoms with van der Waals surface area (Å²) >= 11 is 6.15. The second kappa shape index (κ2) is 5.94. The van der Waals surface area contributed by atoms with Crippen molar-refractivity contribution in [3.05, 3.63) is 52.3 Å². The molecule has 3 heterocycles. The monoisotopic (exact) mass is 316 g/mol. The van der Waals surface area contributed by atoms with E-state index in [9.17, 15) is 0 Å². The largest absolute Gasteiger partial charge is 0.294 e. The molecule has 0 amide bonds. The molecule has 1 aliphatic rings. The summed E-state index contributed by atoms with van der Waals surface area (Å²) in [6.45, 7) is 9.10. The minimum Gasteiger partial charge on any atom is -0.294 e. The Morgan fingerprint density at radius 3 is 2.82 bits per heavy atom. The number of nitrogens with zero attached hydrogens (tertiary/aromatic N) is 4. The van der Waals surface area contributed by atoms with Gasteiger partial charge in [-0.3, -0.25) is 4.90 Å². The summed E-state index contributed by atoms with van der Waals surface area (Å²) in [5, 5.41) is 0.590. The minimum atomic E-state index is -0.00457. The second-order valence-electron chi connectivity index (χ2n) is 6.83. The molecule has 0 saturated carbocycles. The topological polar surface area (TPSA) is 41.9 Å². The van der Waals surface area contributed by atoms with Gasteiger partial charge in [-0.1, -0.05) is 38.4 Å². The number of pyridine rings is 1. The number of aromatic nitrogens is 3. The third kappa shape index (κ3) is 3.28. The Bertz CT molecular complexity index is 679. The van der Waals surface area contributed by atoms with Crippen LogP contribution in [0.15, 0.2) is 24.5 Å². The quantitative estimate of drug-likeness (QED) is 0.797. The van der Waals surface area contributed by atoms with Gasteiger partial charge in [-0.15, -0.1) is 0 Å². The van der Waals surface area contributed by atoms with Crippen LogP contribution in [0, 0.1) is 0 Å². The molecule has 4 nitrogen and oxygen atoms in total. The highest BCUT2D eigenvalue weighted by molar-refractivity contribution is 6.30. The number of hydrogen-bond acceptors (Lipinski definition) is 4. The van der Waals surface area contributed by atoms with Crippen molar-refractivity contribution in [1.82, 2.24) is 19.9 Å². The number of rotatable bonds is 2. The molecule has 0 atom stereocenters. The van der Waals surface area contributed by atoms with Crippen LogP contribution in [-0.2, 0) is 24.9 Å². The first-order chi connectivity index (χ1) is 10.4. The first-order valence-electron chi connectivity index (χ1n) is 7.60. The minimum absolute atomic E-state index is 0.00457. The molecule has 116 valence electrons. The zero-order chi connectivity index (χ0) is 15.7. The number of fused-ring (bicyclic) bond motifs is 1. The maximum Gasteiger partial charge on any atom is 0.133 e. The van der Waals surface area contributed by atoms with Crippen molar-refractivity contribution in [2.45, 2.75) is 45.7 Å². The average Bonchev–Trinajstić information content (AvgIpc) is 2.48. The summed E-state index contributed by atoms with van der Waals surface area (Å²) in [5.74, 6) is 0.926. The summed E-state index contributed by atoms with van der Waals surface area (Å²) in [4.78, 5) is 15.8. The Morgan fingerprint density at radius 2 is 2.09 bits per heavy atom. The molecule has 1 aliphatic heterocycles. The third-order valence-electron chi connectivity index (χ3n) is 3.91. The molecule has 2 aromatic rings. The molecule has 0 saturated heterocycles. The molecule has 0 bridgehead atoms. The van der Waals surface area contributed by atoms with Crippen LogP contribution in [0.4, 0.5) is 0 Å². The van der Waals surface area contributed by atoms with Crippen LogP contribution in [-0.4, -0.2) is 26.4 Å². The highest BCUT2D eigenvalue weighted by Gasteiger charge is 2.23. The maximum absolute atomic E-state index is 6.15. The van der Waals surface area contributed by atoms with E-state index >= 15 is 0 Å². The van der Waals surface area contributed by atoms with Gasteiger partial charge in [0.1, 0.15) is 11.0 Å². The molecule has 0 fully saturated rings. The molecule has 0 N–H and O–H groups in total. The van der Waals surface area contributed by atoms with Crippen LogP contribution in [0.25, 0.3) is 0 Å². The van der Waals surface area contributed by atoms with E-state index in [2.05, 4.69) is 35.6 Å². The highest BCUT2D eigenvalue weighted by atomic mass is 35.5. The van der Waals surface area contributed by atoms with Crippen molar-refractivity contribution in [2.75, 3.05) is 6.54 Å². The first-order valence-corrected chi connectivity index (χ1v) is 7.98. The molecule has 0 radical (unpaired) electrons. The summed E-state index contributed by atoms with van der Waals surface area (Å²) in [6, 6.07) is 3.96. The van der Waals surface area contributed by atoms with Crippen LogP contribution in [0.3, 0.4) is 0 Å². The lowest BCUT2D eigenvalue weighted by molar-refractivity contribution is 0.242. The van der Waals surface area contributed by atoms with Gasteiger partial charge in [0.25, 0.3) is 0 Å². The molecule has 0 aliphatic carbocycles. The van der Waals surface area contributed by atoms with Crippen molar-refractivity contribution >= 4 is 11.6 Å². The van der Waals surface area contributed by atoms with Gasteiger partial charge in [0.15, 0.2) is 0 Å². The maximum atomic E-state index is 6.15. The molecule has 0 unspecified atom stereocenters. The van der Waals surface area contributed by atoms with Crippen molar-refractivity contribution in [2.24, 2.45) is 0 Å². The van der Waals surface area contributed by atoms with Crippen LogP contribution in [0.2, 0.25) is 5.15 Å². The molecule has 5 heteroatoms. The van der Waals surface area contributed by atoms with Gasteiger partial charge in [0.05, 0.1) is 0 Å². The van der Waals surface area contributed by atoms with Crippen molar-refractivity contribution < 1.29 is 0 Å². The van der Waals surface area contributed by atoms with Gasteiger partial charge < -0.3 is 0 Å². The lowest BCUT2D eigenvalue weighted by Crippen LogP contribution is -2.32. The normalized spacial score (nSPS) is 15.6. The number of hydrogen-bond donors (Lipinski definition) is 0. The van der Waals surface area contributed by atoms with E-state index in [1.54, 1.807) is 6.20 Å². The second-order valence-corrected chi connectivity index (χ2v) is 7.19. The van der Waals surface area contributed by atoms with E-state index in [1.807, 2.05) is 18.3 Å². The summed E-state index contributed by atoms with van der Waals surface area (Å²) in [6.07, 6.45) is 4.66. The fourth-order valence-corrected chi connectivity index (χ4v) is 2.83. The Balaban J connectivity index is 1.76. The van der Waals surface area contributed by atoms with Crippen molar-refractivity contribution in [1.29, 1.82) is 0 Å². The van der Waals surface area contributed by atoms with Crippen molar-refractivity contribution in [3.8, 4) is 0 Å². The van der Waals surface area contributed by atoms with Gasteiger partial charge in [-0.05, 0) is 6.07 Å². The highest BCUT2D eigenvalue weighted by Crippen LogP contribution is 2.24. The summed E-state index contributed by atoms with van der Waals surface area (Å²) < 4.78 is 0. The van der Waals surface area contributed by atoms with Gasteiger partial charge in [-0.2, -0.15) is 0 Å². The van der Waals surface area contributed by atoms with Gasteiger partial charge in [-0.25, -0.2) is 15.0 Å². The first kappa shape index (κ1) is 15.4. The lowest BCUT2D eigenvalue weighted by atomic mass is 9.95. The molecule has 0 aromatic carbocycles. The van der Waals surface area contributed by atoms with Crippen LogP contribution in [0.1, 0.15) is 43.4 Å². The van der Waals surface area contributed by atoms with Gasteiger partial charge in [0, 0.05) is 60.7 Å². The number of halogens is 1. The molecule has 2 aromatic heterocycles. The third-order valence-corrected chi connectivity index (χ3v) is 4.25. The zero-order valence-corrected chi connectivity index (χ0v) is 14.1. The van der Waals surface area contributed by atoms with E-state index in [0.717, 1.165) is 37.4 Å². The summed E-state index contributed by atoms with van der Waals surface area (Å²) in [5.41, 5.74) is 3.47. The molecule has 22 heavy (non-hydrogen) atoms. The Kier molecular flexibility index (Phi) is 4.15. The van der Waals surface area contributed by atoms with E-state index in [4.69, 9.17) is 16.6 Å². The fourth-order valence-electron chi connectivity index (χ4n) is 2.65. The van der Waals surface area contributed by atoms with Crippen LogP contribution in [0.5, 0.6) is 0 Å². The molecular formula is C17H21ClN4. The van der Waals surface area contributed by atoms with Crippen LogP contribution >= 0.6 is 11.6 Å². The standard InChI is InChI=1S/C17H21ClN4/c1-17(2,3)16-20-9-13-11-22(8-6-14(13)21-16)10-12-5-4-7-19-15(12)18/h4-5,7,9H,6,8,10-11H2,1-3H3. The fraction of sp³-hybridized carbons (Fsp3) is 0.471. The average molecular weight is 317 g/mol. The zero-order valence-electron chi connectivity index (χ0n) is 13.3. The van der Waals surface area contributed by atoms with E-state index in [0.29, 0.717) is 5.15 Å². The predicted octanol–water partition coefficient (Wildman–Crippen LogP) is 3.38. The SMILES string of the molecule is CC(C)(C)c1ncc2c(n1)CCN(Cc1cccnc1Cl)C2. The van der Waals surface area contributed by atoms with E-state index in [-0.39, 0.29) is 5.41 Å². The van der Waals surface area contributed by atoms with E-state index < -0.39 is 0 Å². The van der Waals surface area contributed by atoms with Crippen LogP contribution < -0.4 is 0 Å². The van der Waals surface area contributed by atoms with Crippen molar-refractivity contribution in [3.63, 3.8) is 0 Å². The van der Waals surface area contributed by atoms with Gasteiger partial charge in [0.2, 0.25) is 0 Å². The molecular weight excluding hydrogens is 296 g/mol.